The molecule has 0 radical (unpaired) electrons. The first-order valence-corrected chi connectivity index (χ1v) is 10.3. The summed E-state index contributed by atoms with van der Waals surface area (Å²) in [6.45, 7) is 6.00. The maximum atomic E-state index is 8.53. The molecule has 7 nitrogen and oxygen atoms in total. The predicted molar refractivity (Wildman–Crippen MR) is 119 cm³/mol. The van der Waals surface area contributed by atoms with Crippen LogP contribution in [0, 0.1) is 12.3 Å². The van der Waals surface area contributed by atoms with Crippen LogP contribution in [0.15, 0.2) is 54.7 Å². The van der Waals surface area contributed by atoms with Crippen molar-refractivity contribution in [3.8, 4) is 0 Å². The number of rotatable bonds is 6. The van der Waals surface area contributed by atoms with E-state index in [9.17, 15) is 0 Å². The van der Waals surface area contributed by atoms with Gasteiger partial charge in [-0.15, -0.1) is 10.2 Å². The first kappa shape index (κ1) is 18.6. The average molecular weight is 400 g/mol. The average Bonchev–Trinajstić information content (AvgIpc) is 3.26. The molecule has 7 heteroatoms. The monoisotopic (exact) mass is 399 g/mol. The first-order valence-electron chi connectivity index (χ1n) is 10.3. The summed E-state index contributed by atoms with van der Waals surface area (Å²) >= 11 is 0. The Morgan fingerprint density at radius 3 is 2.60 bits per heavy atom. The molecule has 4 aromatic rings. The molecule has 152 valence electrons. The Kier molecular flexibility index (Phi) is 4.59. The molecule has 0 aliphatic carbocycles. The molecular weight excluding hydrogens is 374 g/mol. The van der Waals surface area contributed by atoms with Crippen molar-refractivity contribution in [2.45, 2.75) is 26.4 Å². The van der Waals surface area contributed by atoms with Crippen molar-refractivity contribution in [1.82, 2.24) is 24.1 Å². The smallest absolute Gasteiger partial charge is 0.161 e. The molecule has 0 atom stereocenters. The standard InChI is InChI=1S/C23H25N7/c1-16-26-27-23-7-6-20-22(30(16)23)13-21(19(25)8-9-24)29(20)15-18-5-2-4-17(12-18)14-28-10-3-11-28/h2,4-9,12-13,25H,3,10-11,14-15,24H2,1H3/b9-8-,25-19?. The molecule has 1 fully saturated rings. The summed E-state index contributed by atoms with van der Waals surface area (Å²) in [7, 11) is 0. The minimum Gasteiger partial charge on any atom is -0.405 e. The highest BCUT2D eigenvalue weighted by molar-refractivity contribution is 6.08. The summed E-state index contributed by atoms with van der Waals surface area (Å²) < 4.78 is 4.22. The van der Waals surface area contributed by atoms with Crippen molar-refractivity contribution >= 4 is 22.4 Å². The maximum Gasteiger partial charge on any atom is 0.161 e. The highest BCUT2D eigenvalue weighted by atomic mass is 15.2. The van der Waals surface area contributed by atoms with Crippen LogP contribution in [0.25, 0.3) is 16.7 Å². The van der Waals surface area contributed by atoms with Crippen LogP contribution in [-0.4, -0.2) is 42.9 Å². The third kappa shape index (κ3) is 3.17. The van der Waals surface area contributed by atoms with E-state index < -0.39 is 0 Å². The van der Waals surface area contributed by atoms with Crippen LogP contribution in [-0.2, 0) is 13.1 Å². The zero-order valence-electron chi connectivity index (χ0n) is 17.0. The Balaban J connectivity index is 1.61. The molecule has 1 aliphatic rings. The molecule has 5 rings (SSSR count). The third-order valence-electron chi connectivity index (χ3n) is 5.82. The molecule has 0 spiro atoms. The lowest BCUT2D eigenvalue weighted by atomic mass is 10.1. The number of fused-ring (bicyclic) bond motifs is 3. The van der Waals surface area contributed by atoms with E-state index in [0.717, 1.165) is 34.7 Å². The molecular formula is C23H25N7. The Hall–Kier alpha value is -3.45. The fraction of sp³-hybridized carbons (Fsp3) is 0.261. The van der Waals surface area contributed by atoms with Crippen LogP contribution < -0.4 is 5.73 Å². The highest BCUT2D eigenvalue weighted by Gasteiger charge is 2.17. The van der Waals surface area contributed by atoms with Gasteiger partial charge in [0.15, 0.2) is 5.65 Å². The van der Waals surface area contributed by atoms with Crippen molar-refractivity contribution in [1.29, 1.82) is 5.41 Å². The van der Waals surface area contributed by atoms with E-state index in [1.54, 1.807) is 6.08 Å². The second-order valence-electron chi connectivity index (χ2n) is 7.88. The minimum absolute atomic E-state index is 0.379. The second-order valence-corrected chi connectivity index (χ2v) is 7.88. The fourth-order valence-electron chi connectivity index (χ4n) is 4.22. The number of nitrogens with one attached hydrogen (secondary N) is 1. The van der Waals surface area contributed by atoms with Crippen LogP contribution in [0.5, 0.6) is 0 Å². The number of nitrogens with zero attached hydrogens (tertiary/aromatic N) is 5. The lowest BCUT2D eigenvalue weighted by Gasteiger charge is -2.30. The van der Waals surface area contributed by atoms with Gasteiger partial charge in [-0.25, -0.2) is 0 Å². The number of likely N-dealkylation sites (tertiary alicyclic amines) is 1. The maximum absolute atomic E-state index is 8.53. The van der Waals surface area contributed by atoms with Crippen LogP contribution in [0.3, 0.4) is 0 Å². The lowest BCUT2D eigenvalue weighted by molar-refractivity contribution is 0.172. The highest BCUT2D eigenvalue weighted by Crippen LogP contribution is 2.25. The van der Waals surface area contributed by atoms with Gasteiger partial charge in [0.2, 0.25) is 0 Å². The molecule has 30 heavy (non-hydrogen) atoms. The van der Waals surface area contributed by atoms with E-state index in [2.05, 4.69) is 50.0 Å². The van der Waals surface area contributed by atoms with Gasteiger partial charge >= 0.3 is 0 Å². The summed E-state index contributed by atoms with van der Waals surface area (Å²) in [5.74, 6) is 0.830. The van der Waals surface area contributed by atoms with Crippen molar-refractivity contribution < 1.29 is 0 Å². The normalized spacial score (nSPS) is 14.7. The number of hydrogen-bond acceptors (Lipinski definition) is 5. The van der Waals surface area contributed by atoms with Crippen molar-refractivity contribution in [3.05, 3.63) is 77.4 Å². The number of hydrogen-bond donors (Lipinski definition) is 2. The van der Waals surface area contributed by atoms with E-state index in [1.165, 1.54) is 36.8 Å². The van der Waals surface area contributed by atoms with E-state index in [1.807, 2.05) is 23.5 Å². The van der Waals surface area contributed by atoms with E-state index in [-0.39, 0.29) is 0 Å². The summed E-state index contributed by atoms with van der Waals surface area (Å²) in [6.07, 6.45) is 4.34. The van der Waals surface area contributed by atoms with Gasteiger partial charge in [-0.05, 0) is 68.0 Å². The molecule has 0 bridgehead atoms. The number of allylic oxidation sites excluding steroid dienone is 1. The number of nitrogens with two attached hydrogens (primary N) is 1. The number of aryl methyl sites for hydroxylation is 1. The van der Waals surface area contributed by atoms with E-state index in [0.29, 0.717) is 12.3 Å². The van der Waals surface area contributed by atoms with Gasteiger partial charge in [-0.2, -0.15) is 0 Å². The number of aromatic nitrogens is 4. The molecule has 3 N–H and O–H groups in total. The number of benzene rings is 1. The summed E-state index contributed by atoms with van der Waals surface area (Å²) in [4.78, 5) is 2.46. The van der Waals surface area contributed by atoms with Gasteiger partial charge in [0.1, 0.15) is 5.82 Å². The van der Waals surface area contributed by atoms with Crippen LogP contribution in [0.4, 0.5) is 0 Å². The topological polar surface area (TPSA) is 88.2 Å². The summed E-state index contributed by atoms with van der Waals surface area (Å²) in [5, 5.41) is 17.0. The molecule has 1 saturated heterocycles. The Morgan fingerprint density at radius 2 is 1.87 bits per heavy atom. The van der Waals surface area contributed by atoms with Gasteiger partial charge in [-0.3, -0.25) is 14.7 Å². The zero-order valence-corrected chi connectivity index (χ0v) is 17.0. The van der Waals surface area contributed by atoms with Gasteiger partial charge in [0, 0.05) is 13.1 Å². The SMILES string of the molecule is Cc1nnc2ccc3c(cc(C(=N)/C=C\N)n3Cc3cccc(CN4CCC4)c3)n12. The largest absolute Gasteiger partial charge is 0.405 e. The Morgan fingerprint density at radius 1 is 1.07 bits per heavy atom. The van der Waals surface area contributed by atoms with Crippen molar-refractivity contribution in [2.75, 3.05) is 13.1 Å². The molecule has 0 unspecified atom stereocenters. The fourth-order valence-corrected chi connectivity index (χ4v) is 4.22. The van der Waals surface area contributed by atoms with Crippen molar-refractivity contribution in [2.24, 2.45) is 5.73 Å². The zero-order chi connectivity index (χ0) is 20.7. The van der Waals surface area contributed by atoms with E-state index in [4.69, 9.17) is 11.1 Å². The van der Waals surface area contributed by atoms with Crippen LogP contribution in [0.1, 0.15) is 29.1 Å². The molecule has 3 aromatic heterocycles. The molecule has 0 amide bonds. The van der Waals surface area contributed by atoms with Gasteiger partial charge in [0.05, 0.1) is 22.4 Å². The quantitative estimate of drug-likeness (QED) is 0.488. The van der Waals surface area contributed by atoms with Gasteiger partial charge < -0.3 is 10.3 Å². The Bertz CT molecular complexity index is 1270. The molecule has 4 heterocycles. The minimum atomic E-state index is 0.379. The Labute approximate surface area is 174 Å². The molecule has 1 aliphatic heterocycles. The lowest BCUT2D eigenvalue weighted by Crippen LogP contribution is -2.36. The van der Waals surface area contributed by atoms with E-state index >= 15 is 0 Å². The summed E-state index contributed by atoms with van der Waals surface area (Å²) in [6, 6.07) is 14.8. The molecule has 0 saturated carbocycles. The third-order valence-corrected chi connectivity index (χ3v) is 5.82. The van der Waals surface area contributed by atoms with Crippen molar-refractivity contribution in [3.63, 3.8) is 0 Å². The second kappa shape index (κ2) is 7.42. The summed E-state index contributed by atoms with van der Waals surface area (Å²) in [5.41, 5.74) is 12.2. The van der Waals surface area contributed by atoms with Crippen LogP contribution in [0.2, 0.25) is 0 Å². The van der Waals surface area contributed by atoms with Gasteiger partial charge in [0.25, 0.3) is 0 Å². The predicted octanol–water partition coefficient (Wildman–Crippen LogP) is 3.09. The number of pyridine rings is 1. The van der Waals surface area contributed by atoms with Gasteiger partial charge in [-0.1, -0.05) is 24.3 Å². The molecule has 1 aromatic carbocycles. The first-order chi connectivity index (χ1) is 14.6. The van der Waals surface area contributed by atoms with Crippen LogP contribution >= 0.6 is 0 Å².